The number of carbonyl (C=O) groups excluding carboxylic acids is 2. The van der Waals surface area contributed by atoms with Gasteiger partial charge in [0, 0.05) is 14.1 Å². The molecule has 26 heavy (non-hydrogen) atoms. The quantitative estimate of drug-likeness (QED) is 0.633. The van der Waals surface area contributed by atoms with Crippen LogP contribution in [0.15, 0.2) is 52.9 Å². The largest absolute Gasteiger partial charge is 0.483 e. The minimum Gasteiger partial charge on any atom is -0.483 e. The fraction of sp³-hybridized carbons (Fsp3) is 0.211. The highest BCUT2D eigenvalue weighted by Crippen LogP contribution is 2.20. The van der Waals surface area contributed by atoms with E-state index >= 15 is 0 Å². The van der Waals surface area contributed by atoms with Gasteiger partial charge in [0.1, 0.15) is 16.8 Å². The summed E-state index contributed by atoms with van der Waals surface area (Å²) >= 11 is 0. The van der Waals surface area contributed by atoms with Crippen LogP contribution in [0.5, 0.6) is 5.75 Å². The van der Waals surface area contributed by atoms with E-state index in [1.165, 1.54) is 4.90 Å². The van der Waals surface area contributed by atoms with Crippen LogP contribution >= 0.6 is 0 Å². The molecular formula is C19H18N2O5. The summed E-state index contributed by atoms with van der Waals surface area (Å²) in [6, 6.07) is 13.9. The van der Waals surface area contributed by atoms with Gasteiger partial charge in [0.2, 0.25) is 5.89 Å². The number of para-hydroxylation sites is 3. The van der Waals surface area contributed by atoms with E-state index in [2.05, 4.69) is 4.98 Å². The molecule has 1 aromatic heterocycles. The molecule has 1 amide bonds. The highest BCUT2D eigenvalue weighted by molar-refractivity contribution is 5.92. The number of fused-ring (bicyclic) bond motifs is 1. The Hall–Kier alpha value is -3.35. The molecule has 0 saturated carbocycles. The van der Waals surface area contributed by atoms with Crippen molar-refractivity contribution in [1.82, 2.24) is 9.88 Å². The van der Waals surface area contributed by atoms with E-state index in [-0.39, 0.29) is 30.4 Å². The second-order valence-corrected chi connectivity index (χ2v) is 5.72. The van der Waals surface area contributed by atoms with Crippen LogP contribution in [0.25, 0.3) is 11.1 Å². The summed E-state index contributed by atoms with van der Waals surface area (Å²) in [7, 11) is 3.26. The number of nitrogens with zero attached hydrogens (tertiary/aromatic N) is 2. The van der Waals surface area contributed by atoms with E-state index < -0.39 is 5.97 Å². The molecule has 0 bridgehead atoms. The number of carbonyl (C=O) groups is 2. The zero-order valence-corrected chi connectivity index (χ0v) is 14.5. The molecule has 0 N–H and O–H groups in total. The fourth-order valence-electron chi connectivity index (χ4n) is 2.22. The Morgan fingerprint density at radius 2 is 1.81 bits per heavy atom. The predicted octanol–water partition coefficient (Wildman–Crippen LogP) is 2.65. The number of hydrogen-bond donors (Lipinski definition) is 0. The summed E-state index contributed by atoms with van der Waals surface area (Å²) in [6.45, 7) is -0.263. The number of benzene rings is 2. The Morgan fingerprint density at radius 3 is 2.58 bits per heavy atom. The maximum Gasteiger partial charge on any atom is 0.342 e. The molecule has 0 fully saturated rings. The second-order valence-electron chi connectivity index (χ2n) is 5.72. The Morgan fingerprint density at radius 1 is 1.08 bits per heavy atom. The molecule has 7 heteroatoms. The molecule has 0 saturated heterocycles. The van der Waals surface area contributed by atoms with E-state index in [9.17, 15) is 9.59 Å². The van der Waals surface area contributed by atoms with Gasteiger partial charge >= 0.3 is 5.97 Å². The summed E-state index contributed by atoms with van der Waals surface area (Å²) in [6.07, 6.45) is 0. The Kier molecular flexibility index (Phi) is 5.17. The third kappa shape index (κ3) is 4.00. The Bertz CT molecular complexity index is 899. The van der Waals surface area contributed by atoms with Crippen molar-refractivity contribution >= 4 is 23.0 Å². The van der Waals surface area contributed by atoms with E-state index in [4.69, 9.17) is 13.9 Å². The minimum atomic E-state index is -0.583. The van der Waals surface area contributed by atoms with Crippen molar-refractivity contribution < 1.29 is 23.5 Å². The van der Waals surface area contributed by atoms with Crippen molar-refractivity contribution in [2.24, 2.45) is 0 Å². The van der Waals surface area contributed by atoms with Crippen molar-refractivity contribution in [3.05, 3.63) is 60.0 Å². The molecular weight excluding hydrogens is 336 g/mol. The molecule has 3 aromatic rings. The van der Waals surface area contributed by atoms with Crippen LogP contribution < -0.4 is 4.74 Å². The van der Waals surface area contributed by atoms with Gasteiger partial charge in [0.25, 0.3) is 5.91 Å². The minimum absolute atomic E-state index is 0.0987. The van der Waals surface area contributed by atoms with E-state index in [0.29, 0.717) is 17.0 Å². The van der Waals surface area contributed by atoms with Gasteiger partial charge in [0.05, 0.1) is 0 Å². The molecule has 0 aliphatic rings. The maximum atomic E-state index is 12.4. The smallest absolute Gasteiger partial charge is 0.342 e. The van der Waals surface area contributed by atoms with Crippen molar-refractivity contribution in [3.8, 4) is 5.75 Å². The first-order valence-electron chi connectivity index (χ1n) is 7.98. The van der Waals surface area contributed by atoms with Gasteiger partial charge in [-0.05, 0) is 24.3 Å². The van der Waals surface area contributed by atoms with Crippen LogP contribution in [0.3, 0.4) is 0 Å². The van der Waals surface area contributed by atoms with E-state index in [1.807, 2.05) is 18.2 Å². The molecule has 0 aliphatic heterocycles. The number of likely N-dealkylation sites (N-methyl/N-ethyl adjacent to an activating group) is 1. The predicted molar refractivity (Wildman–Crippen MR) is 93.8 cm³/mol. The van der Waals surface area contributed by atoms with Gasteiger partial charge in [-0.25, -0.2) is 9.78 Å². The molecule has 134 valence electrons. The lowest BCUT2D eigenvalue weighted by Crippen LogP contribution is -2.27. The number of oxazole rings is 1. The number of ether oxygens (including phenoxy) is 2. The first kappa shape index (κ1) is 17.5. The lowest BCUT2D eigenvalue weighted by Gasteiger charge is -2.13. The van der Waals surface area contributed by atoms with Gasteiger partial charge in [-0.15, -0.1) is 0 Å². The van der Waals surface area contributed by atoms with Crippen LogP contribution in [-0.2, 0) is 16.1 Å². The summed E-state index contributed by atoms with van der Waals surface area (Å²) in [5.41, 5.74) is 1.56. The monoisotopic (exact) mass is 354 g/mol. The SMILES string of the molecule is CN(C)C(=O)COc1ccccc1C(=O)OCc1nc2ccccc2o1. The molecule has 0 atom stereocenters. The zero-order valence-electron chi connectivity index (χ0n) is 14.5. The summed E-state index contributed by atoms with van der Waals surface area (Å²) in [5, 5.41) is 0. The number of amides is 1. The maximum absolute atomic E-state index is 12.4. The highest BCUT2D eigenvalue weighted by atomic mass is 16.5. The lowest BCUT2D eigenvalue weighted by molar-refractivity contribution is -0.130. The molecule has 0 radical (unpaired) electrons. The number of aromatic nitrogens is 1. The number of rotatable bonds is 6. The molecule has 7 nitrogen and oxygen atoms in total. The average Bonchev–Trinajstić information content (AvgIpc) is 3.07. The summed E-state index contributed by atoms with van der Waals surface area (Å²) < 4.78 is 16.2. The molecule has 0 spiro atoms. The average molecular weight is 354 g/mol. The zero-order chi connectivity index (χ0) is 18.5. The molecule has 1 heterocycles. The van der Waals surface area contributed by atoms with Crippen LogP contribution in [0.4, 0.5) is 0 Å². The van der Waals surface area contributed by atoms with Gasteiger partial charge in [-0.2, -0.15) is 0 Å². The van der Waals surface area contributed by atoms with Crippen molar-refractivity contribution in [1.29, 1.82) is 0 Å². The van der Waals surface area contributed by atoms with Crippen LogP contribution in [0.1, 0.15) is 16.2 Å². The fourth-order valence-corrected chi connectivity index (χ4v) is 2.22. The molecule has 0 unspecified atom stereocenters. The highest BCUT2D eigenvalue weighted by Gasteiger charge is 2.16. The van der Waals surface area contributed by atoms with Crippen LogP contribution in [0, 0.1) is 0 Å². The number of hydrogen-bond acceptors (Lipinski definition) is 6. The van der Waals surface area contributed by atoms with Gasteiger partial charge in [0.15, 0.2) is 18.8 Å². The molecule has 3 rings (SSSR count). The van der Waals surface area contributed by atoms with Gasteiger partial charge in [-0.1, -0.05) is 24.3 Å². The van der Waals surface area contributed by atoms with E-state index in [0.717, 1.165) is 0 Å². The summed E-state index contributed by atoms with van der Waals surface area (Å²) in [5.74, 6) is -0.203. The molecule has 2 aromatic carbocycles. The standard InChI is InChI=1S/C19H18N2O5/c1-21(2)18(22)12-24-15-9-5-3-7-13(15)19(23)25-11-17-20-14-8-4-6-10-16(14)26-17/h3-10H,11-12H2,1-2H3. The normalized spacial score (nSPS) is 10.5. The number of esters is 1. The van der Waals surface area contributed by atoms with Crippen molar-refractivity contribution in [3.63, 3.8) is 0 Å². The first-order valence-corrected chi connectivity index (χ1v) is 7.98. The third-order valence-electron chi connectivity index (χ3n) is 3.62. The Balaban J connectivity index is 1.66. The van der Waals surface area contributed by atoms with Crippen molar-refractivity contribution in [2.45, 2.75) is 6.61 Å². The summed E-state index contributed by atoms with van der Waals surface area (Å²) in [4.78, 5) is 29.7. The second kappa shape index (κ2) is 7.69. The van der Waals surface area contributed by atoms with Crippen LogP contribution in [0.2, 0.25) is 0 Å². The third-order valence-corrected chi connectivity index (χ3v) is 3.62. The first-order chi connectivity index (χ1) is 12.5. The van der Waals surface area contributed by atoms with E-state index in [1.54, 1.807) is 44.4 Å². The lowest BCUT2D eigenvalue weighted by atomic mass is 10.2. The van der Waals surface area contributed by atoms with Crippen LogP contribution in [-0.4, -0.2) is 42.5 Å². The topological polar surface area (TPSA) is 81.9 Å². The molecule has 0 aliphatic carbocycles. The van der Waals surface area contributed by atoms with Gasteiger partial charge in [-0.3, -0.25) is 4.79 Å². The van der Waals surface area contributed by atoms with Gasteiger partial charge < -0.3 is 18.8 Å². The van der Waals surface area contributed by atoms with Crippen molar-refractivity contribution in [2.75, 3.05) is 20.7 Å². The Labute approximate surface area is 150 Å².